The van der Waals surface area contributed by atoms with Gasteiger partial charge in [0.1, 0.15) is 0 Å². The summed E-state index contributed by atoms with van der Waals surface area (Å²) < 4.78 is 5.01. The van der Waals surface area contributed by atoms with Crippen molar-refractivity contribution < 1.29 is 9.21 Å². The van der Waals surface area contributed by atoms with Crippen LogP contribution in [0.5, 0.6) is 0 Å². The van der Waals surface area contributed by atoms with Crippen LogP contribution < -0.4 is 10.6 Å². The minimum absolute atomic E-state index is 0.0735. The highest BCUT2D eigenvalue weighted by atomic mass is 16.3. The van der Waals surface area contributed by atoms with Crippen LogP contribution >= 0.6 is 0 Å². The van der Waals surface area contributed by atoms with Gasteiger partial charge in [-0.15, -0.1) is 0 Å². The summed E-state index contributed by atoms with van der Waals surface area (Å²) in [5, 5.41) is 6.21. The van der Waals surface area contributed by atoms with Gasteiger partial charge in [-0.3, -0.25) is 4.79 Å². The fourth-order valence-electron chi connectivity index (χ4n) is 1.52. The molecule has 1 rings (SSSR count). The molecule has 0 saturated heterocycles. The lowest BCUT2D eigenvalue weighted by Gasteiger charge is -2.20. The Morgan fingerprint density at radius 3 is 2.71 bits per heavy atom. The van der Waals surface area contributed by atoms with Crippen LogP contribution in [0.3, 0.4) is 0 Å². The minimum Gasteiger partial charge on any atom is -0.472 e. The van der Waals surface area contributed by atoms with Gasteiger partial charge in [0.25, 0.3) is 0 Å². The Morgan fingerprint density at radius 2 is 2.18 bits per heavy atom. The summed E-state index contributed by atoms with van der Waals surface area (Å²) in [4.78, 5) is 11.6. The van der Waals surface area contributed by atoms with Crippen molar-refractivity contribution in [2.24, 2.45) is 0 Å². The molecule has 1 aromatic rings. The fourth-order valence-corrected chi connectivity index (χ4v) is 1.52. The molecule has 4 nitrogen and oxygen atoms in total. The molecule has 0 saturated carbocycles. The Bertz CT molecular complexity index is 339. The van der Waals surface area contributed by atoms with Gasteiger partial charge in [-0.2, -0.15) is 0 Å². The lowest BCUT2D eigenvalue weighted by atomic mass is 10.1. The van der Waals surface area contributed by atoms with E-state index in [1.54, 1.807) is 12.5 Å². The highest BCUT2D eigenvalue weighted by molar-refractivity contribution is 5.76. The molecular formula is C13H22N2O2. The number of carbonyl (C=O) groups is 1. The zero-order chi connectivity index (χ0) is 12.9. The maximum absolute atomic E-state index is 11.6. The Morgan fingerprint density at radius 1 is 1.47 bits per heavy atom. The molecule has 0 spiro atoms. The van der Waals surface area contributed by atoms with E-state index in [0.717, 1.165) is 5.56 Å². The van der Waals surface area contributed by atoms with Crippen molar-refractivity contribution in [3.8, 4) is 0 Å². The molecule has 1 aromatic heterocycles. The van der Waals surface area contributed by atoms with Gasteiger partial charge in [-0.05, 0) is 33.8 Å². The molecule has 0 aromatic carbocycles. The molecule has 1 heterocycles. The third kappa shape index (κ3) is 5.54. The molecule has 17 heavy (non-hydrogen) atoms. The second-order valence-electron chi connectivity index (χ2n) is 5.28. The summed E-state index contributed by atoms with van der Waals surface area (Å²) in [5.41, 5.74) is 0.939. The Kier molecular flexibility index (Phi) is 4.75. The first kappa shape index (κ1) is 13.8. The number of nitrogens with one attached hydrogen (secondary N) is 2. The molecule has 0 aliphatic heterocycles. The molecule has 2 N–H and O–H groups in total. The summed E-state index contributed by atoms with van der Waals surface area (Å²) in [6.07, 6.45) is 3.85. The number of hydrogen-bond donors (Lipinski definition) is 2. The quantitative estimate of drug-likeness (QED) is 0.827. The van der Waals surface area contributed by atoms with Gasteiger partial charge in [0.15, 0.2) is 0 Å². The van der Waals surface area contributed by atoms with Crippen molar-refractivity contribution in [3.05, 3.63) is 24.2 Å². The predicted molar refractivity (Wildman–Crippen MR) is 67.6 cm³/mol. The smallest absolute Gasteiger partial charge is 0.221 e. The van der Waals surface area contributed by atoms with Crippen molar-refractivity contribution in [1.82, 2.24) is 10.6 Å². The monoisotopic (exact) mass is 238 g/mol. The molecule has 0 bridgehead atoms. The molecule has 0 aliphatic carbocycles. The van der Waals surface area contributed by atoms with Gasteiger partial charge in [-0.1, -0.05) is 0 Å². The minimum atomic E-state index is -0.159. The van der Waals surface area contributed by atoms with E-state index < -0.39 is 0 Å². The van der Waals surface area contributed by atoms with Crippen LogP contribution in [0.4, 0.5) is 0 Å². The van der Waals surface area contributed by atoms with Gasteiger partial charge in [0, 0.05) is 30.1 Å². The molecule has 1 atom stereocenters. The molecule has 0 radical (unpaired) electrons. The summed E-state index contributed by atoms with van der Waals surface area (Å²) in [6, 6.07) is 2.13. The van der Waals surface area contributed by atoms with E-state index in [-0.39, 0.29) is 17.5 Å². The molecule has 96 valence electrons. The van der Waals surface area contributed by atoms with Gasteiger partial charge in [0.05, 0.1) is 12.5 Å². The number of amides is 1. The maximum atomic E-state index is 11.6. The lowest BCUT2D eigenvalue weighted by Crippen LogP contribution is -2.41. The molecule has 0 aliphatic rings. The van der Waals surface area contributed by atoms with Crippen LogP contribution in [0.25, 0.3) is 0 Å². The summed E-state index contributed by atoms with van der Waals surface area (Å²) >= 11 is 0. The first-order valence-corrected chi connectivity index (χ1v) is 5.95. The number of carbonyl (C=O) groups excluding carboxylic acids is 1. The van der Waals surface area contributed by atoms with Crippen molar-refractivity contribution in [2.75, 3.05) is 6.54 Å². The predicted octanol–water partition coefficient (Wildman–Crippen LogP) is 2.23. The molecule has 1 amide bonds. The zero-order valence-corrected chi connectivity index (χ0v) is 11.0. The maximum Gasteiger partial charge on any atom is 0.221 e. The van der Waals surface area contributed by atoms with Crippen molar-refractivity contribution in [2.45, 2.75) is 45.7 Å². The van der Waals surface area contributed by atoms with Crippen LogP contribution in [0.2, 0.25) is 0 Å². The van der Waals surface area contributed by atoms with Crippen molar-refractivity contribution in [3.63, 3.8) is 0 Å². The number of hydrogen-bond acceptors (Lipinski definition) is 3. The highest BCUT2D eigenvalue weighted by Gasteiger charge is 2.13. The number of furan rings is 1. The molecule has 1 unspecified atom stereocenters. The Hall–Kier alpha value is -1.29. The standard InChI is InChI=1S/C13H22N2O2/c1-10(11-6-8-17-9-11)14-7-5-12(16)15-13(2,3)4/h6,8-10,14H,5,7H2,1-4H3,(H,15,16). The van der Waals surface area contributed by atoms with Crippen LogP contribution in [0.1, 0.15) is 45.7 Å². The van der Waals surface area contributed by atoms with E-state index in [0.29, 0.717) is 13.0 Å². The van der Waals surface area contributed by atoms with Crippen molar-refractivity contribution in [1.29, 1.82) is 0 Å². The first-order chi connectivity index (χ1) is 7.88. The molecule has 0 fully saturated rings. The van der Waals surface area contributed by atoms with Crippen LogP contribution in [-0.2, 0) is 4.79 Å². The normalized spacial score (nSPS) is 13.4. The molecular weight excluding hydrogens is 216 g/mol. The first-order valence-electron chi connectivity index (χ1n) is 5.95. The van der Waals surface area contributed by atoms with Crippen LogP contribution in [0, 0.1) is 0 Å². The second-order valence-corrected chi connectivity index (χ2v) is 5.28. The lowest BCUT2D eigenvalue weighted by molar-refractivity contribution is -0.122. The third-order valence-corrected chi connectivity index (χ3v) is 2.36. The van der Waals surface area contributed by atoms with E-state index in [4.69, 9.17) is 4.42 Å². The third-order valence-electron chi connectivity index (χ3n) is 2.36. The topological polar surface area (TPSA) is 54.3 Å². The average molecular weight is 238 g/mol. The SMILES string of the molecule is CC(NCCC(=O)NC(C)(C)C)c1ccoc1. The second kappa shape index (κ2) is 5.87. The summed E-state index contributed by atoms with van der Waals surface area (Å²) in [5.74, 6) is 0.0735. The van der Waals surface area contributed by atoms with E-state index in [1.165, 1.54) is 0 Å². The van der Waals surface area contributed by atoms with E-state index in [9.17, 15) is 4.79 Å². The van der Waals surface area contributed by atoms with E-state index in [1.807, 2.05) is 33.8 Å². The largest absolute Gasteiger partial charge is 0.472 e. The van der Waals surface area contributed by atoms with E-state index >= 15 is 0 Å². The summed E-state index contributed by atoms with van der Waals surface area (Å²) in [7, 11) is 0. The Labute approximate surface area is 103 Å². The number of rotatable bonds is 5. The van der Waals surface area contributed by atoms with Gasteiger partial charge >= 0.3 is 0 Å². The van der Waals surface area contributed by atoms with Crippen LogP contribution in [0.15, 0.2) is 23.0 Å². The van der Waals surface area contributed by atoms with Crippen molar-refractivity contribution >= 4 is 5.91 Å². The van der Waals surface area contributed by atoms with Gasteiger partial charge in [-0.25, -0.2) is 0 Å². The average Bonchev–Trinajstić information content (AvgIpc) is 2.66. The highest BCUT2D eigenvalue weighted by Crippen LogP contribution is 2.11. The fraction of sp³-hybridized carbons (Fsp3) is 0.615. The van der Waals surface area contributed by atoms with Gasteiger partial charge in [0.2, 0.25) is 5.91 Å². The van der Waals surface area contributed by atoms with Gasteiger partial charge < -0.3 is 15.1 Å². The van der Waals surface area contributed by atoms with Crippen LogP contribution in [-0.4, -0.2) is 18.0 Å². The Balaban J connectivity index is 2.22. The van der Waals surface area contributed by atoms with E-state index in [2.05, 4.69) is 10.6 Å². The zero-order valence-electron chi connectivity index (χ0n) is 11.0. The molecule has 4 heteroatoms. The summed E-state index contributed by atoms with van der Waals surface area (Å²) in [6.45, 7) is 8.64.